The third kappa shape index (κ3) is 5.06. The molecule has 0 saturated carbocycles. The maximum atomic E-state index is 13.7. The Morgan fingerprint density at radius 3 is 2.31 bits per heavy atom. The van der Waals surface area contributed by atoms with Crippen LogP contribution in [0.2, 0.25) is 0 Å². The van der Waals surface area contributed by atoms with Gasteiger partial charge in [-0.15, -0.1) is 11.8 Å². The van der Waals surface area contributed by atoms with Crippen LogP contribution in [-0.2, 0) is 16.0 Å². The highest BCUT2D eigenvalue weighted by molar-refractivity contribution is 8.00. The number of carbonyl (C=O) groups is 1. The van der Waals surface area contributed by atoms with Crippen LogP contribution in [0.1, 0.15) is 31.1 Å². The van der Waals surface area contributed by atoms with Crippen molar-refractivity contribution in [3.63, 3.8) is 0 Å². The van der Waals surface area contributed by atoms with Gasteiger partial charge in [-0.2, -0.15) is 0 Å². The second-order valence-electron chi connectivity index (χ2n) is 6.37. The Bertz CT molecular complexity index is 819. The summed E-state index contributed by atoms with van der Waals surface area (Å²) in [4.78, 5) is 12.9. The van der Waals surface area contributed by atoms with Gasteiger partial charge in [-0.1, -0.05) is 20.8 Å². The fourth-order valence-electron chi connectivity index (χ4n) is 2.26. The minimum atomic E-state index is -2.77. The van der Waals surface area contributed by atoms with Crippen LogP contribution < -0.4 is 4.31 Å². The van der Waals surface area contributed by atoms with Crippen LogP contribution in [0.4, 0.5) is 15.8 Å². The van der Waals surface area contributed by atoms with Crippen molar-refractivity contribution in [3.05, 3.63) is 53.8 Å². The molecule has 2 aromatic rings. The molecule has 8 heteroatoms. The largest absolute Gasteiger partial charge is 0.755 e. The zero-order chi connectivity index (χ0) is 19.5. The highest BCUT2D eigenvalue weighted by atomic mass is 32.2. The van der Waals surface area contributed by atoms with Gasteiger partial charge >= 0.3 is 5.97 Å². The average Bonchev–Trinajstić information content (AvgIpc) is 2.54. The van der Waals surface area contributed by atoms with Crippen molar-refractivity contribution in [1.29, 1.82) is 0 Å². The number of carbonyl (C=O) groups excluding carboxylic acids is 1. The van der Waals surface area contributed by atoms with Crippen molar-refractivity contribution >= 4 is 40.4 Å². The van der Waals surface area contributed by atoms with Gasteiger partial charge in [0.2, 0.25) is 0 Å². The zero-order valence-corrected chi connectivity index (χ0v) is 16.4. The van der Waals surface area contributed by atoms with E-state index >= 15 is 0 Å². The Kier molecular flexibility index (Phi) is 6.44. The first-order valence-corrected chi connectivity index (χ1v) is 9.53. The summed E-state index contributed by atoms with van der Waals surface area (Å²) >= 11 is -1.13. The van der Waals surface area contributed by atoms with E-state index in [9.17, 15) is 17.9 Å². The molecule has 0 N–H and O–H groups in total. The van der Waals surface area contributed by atoms with E-state index in [4.69, 9.17) is 0 Å². The second-order valence-corrected chi connectivity index (χ2v) is 9.07. The molecule has 26 heavy (non-hydrogen) atoms. The minimum Gasteiger partial charge on any atom is -0.755 e. The predicted octanol–water partition coefficient (Wildman–Crippen LogP) is 4.44. The van der Waals surface area contributed by atoms with Crippen LogP contribution in [0.25, 0.3) is 0 Å². The van der Waals surface area contributed by atoms with Crippen molar-refractivity contribution in [2.75, 3.05) is 11.4 Å². The van der Waals surface area contributed by atoms with E-state index in [1.54, 1.807) is 36.0 Å². The third-order valence-electron chi connectivity index (χ3n) is 3.23. The van der Waals surface area contributed by atoms with Crippen molar-refractivity contribution < 1.29 is 22.7 Å². The summed E-state index contributed by atoms with van der Waals surface area (Å²) in [5, 5.41) is 0. The first-order valence-electron chi connectivity index (χ1n) is 7.69. The molecular weight excluding hydrogens is 377 g/mol. The van der Waals surface area contributed by atoms with E-state index in [1.165, 1.54) is 13.2 Å². The summed E-state index contributed by atoms with van der Waals surface area (Å²) in [6, 6.07) is 10.0. The smallest absolute Gasteiger partial charge is 0.340 e. The van der Waals surface area contributed by atoms with Crippen LogP contribution in [-0.4, -0.2) is 26.6 Å². The molecule has 5 nitrogen and oxygen atoms in total. The standard InChI is InChI=1S/C18H20FNO4S2/c1-18(2,3)25-14-8-6-13(7-9-14)20(26(22)23)16-11-12(19)5-10-15(16)17(21)24-4/h5-11H,1-4H3,(H,22,23)/p-1. The van der Waals surface area contributed by atoms with E-state index in [1.807, 2.05) is 0 Å². The van der Waals surface area contributed by atoms with Crippen molar-refractivity contribution in [2.24, 2.45) is 0 Å². The van der Waals surface area contributed by atoms with Gasteiger partial charge in [0.05, 0.1) is 35.3 Å². The summed E-state index contributed by atoms with van der Waals surface area (Å²) < 4.78 is 42.9. The molecule has 2 rings (SSSR count). The van der Waals surface area contributed by atoms with E-state index in [0.717, 1.165) is 21.3 Å². The molecule has 1 atom stereocenters. The molecule has 2 aromatic carbocycles. The van der Waals surface area contributed by atoms with E-state index in [0.29, 0.717) is 0 Å². The number of ether oxygens (including phenoxy) is 1. The summed E-state index contributed by atoms with van der Waals surface area (Å²) in [6.07, 6.45) is 0. The summed E-state index contributed by atoms with van der Waals surface area (Å²) in [5.41, 5.74) is 0.125. The van der Waals surface area contributed by atoms with Crippen LogP contribution in [0.3, 0.4) is 0 Å². The number of anilines is 2. The number of halogens is 1. The molecule has 0 bridgehead atoms. The number of thioether (sulfide) groups is 1. The van der Waals surface area contributed by atoms with Gasteiger partial charge in [0.25, 0.3) is 0 Å². The lowest BCUT2D eigenvalue weighted by atomic mass is 10.1. The van der Waals surface area contributed by atoms with E-state index in [2.05, 4.69) is 25.5 Å². The number of hydrogen-bond acceptors (Lipinski definition) is 5. The quantitative estimate of drug-likeness (QED) is 0.425. The number of hydrogen-bond donors (Lipinski definition) is 0. The molecule has 0 aliphatic heterocycles. The fraction of sp³-hybridized carbons (Fsp3) is 0.278. The van der Waals surface area contributed by atoms with Crippen molar-refractivity contribution in [1.82, 2.24) is 0 Å². The van der Waals surface area contributed by atoms with Gasteiger partial charge in [0.15, 0.2) is 0 Å². The fourth-order valence-corrected chi connectivity index (χ4v) is 3.85. The molecule has 0 saturated heterocycles. The summed E-state index contributed by atoms with van der Waals surface area (Å²) in [5.74, 6) is -1.42. The summed E-state index contributed by atoms with van der Waals surface area (Å²) in [6.45, 7) is 6.21. The lowest BCUT2D eigenvalue weighted by Gasteiger charge is -2.28. The molecule has 0 aliphatic rings. The van der Waals surface area contributed by atoms with Gasteiger partial charge in [-0.3, -0.25) is 8.51 Å². The highest BCUT2D eigenvalue weighted by Crippen LogP contribution is 2.35. The first kappa shape index (κ1) is 20.4. The van der Waals surface area contributed by atoms with E-state index in [-0.39, 0.29) is 21.7 Å². The van der Waals surface area contributed by atoms with Crippen molar-refractivity contribution in [2.45, 2.75) is 30.4 Å². The van der Waals surface area contributed by atoms with Crippen molar-refractivity contribution in [3.8, 4) is 0 Å². The van der Waals surface area contributed by atoms with Gasteiger partial charge in [-0.25, -0.2) is 9.18 Å². The predicted molar refractivity (Wildman–Crippen MR) is 101 cm³/mol. The third-order valence-corrected chi connectivity index (χ3v) is 5.05. The Balaban J connectivity index is 2.49. The van der Waals surface area contributed by atoms with Crippen LogP contribution >= 0.6 is 11.8 Å². The van der Waals surface area contributed by atoms with Gasteiger partial charge in [0, 0.05) is 9.64 Å². The molecular formula is C18H19FNO4S2-. The molecule has 1 unspecified atom stereocenters. The van der Waals surface area contributed by atoms with Crippen LogP contribution in [0.15, 0.2) is 47.4 Å². The maximum absolute atomic E-state index is 13.7. The molecule has 0 spiro atoms. The molecule has 140 valence electrons. The molecule has 0 amide bonds. The van der Waals surface area contributed by atoms with Gasteiger partial charge in [-0.05, 0) is 42.5 Å². The number of methoxy groups -OCH3 is 1. The zero-order valence-electron chi connectivity index (χ0n) is 14.8. The maximum Gasteiger partial charge on any atom is 0.340 e. The number of esters is 1. The molecule has 0 heterocycles. The van der Waals surface area contributed by atoms with E-state index < -0.39 is 23.1 Å². The van der Waals surface area contributed by atoms with Gasteiger partial charge < -0.3 is 9.29 Å². The lowest BCUT2D eigenvalue weighted by Crippen LogP contribution is -2.22. The number of benzene rings is 2. The first-order chi connectivity index (χ1) is 12.1. The monoisotopic (exact) mass is 396 g/mol. The molecule has 0 aromatic heterocycles. The Morgan fingerprint density at radius 2 is 1.81 bits per heavy atom. The van der Waals surface area contributed by atoms with Crippen LogP contribution in [0.5, 0.6) is 0 Å². The van der Waals surface area contributed by atoms with Gasteiger partial charge in [0.1, 0.15) is 5.82 Å². The number of rotatable bonds is 5. The Hall–Kier alpha value is -1.90. The Morgan fingerprint density at radius 1 is 1.19 bits per heavy atom. The Labute approximate surface area is 159 Å². The lowest BCUT2D eigenvalue weighted by molar-refractivity contribution is 0.0601. The topological polar surface area (TPSA) is 69.7 Å². The molecule has 0 radical (unpaired) electrons. The second kappa shape index (κ2) is 8.20. The normalized spacial score (nSPS) is 12.5. The molecule has 0 fully saturated rings. The SMILES string of the molecule is COC(=O)c1ccc(F)cc1N(c1ccc(SC(C)(C)C)cc1)S(=O)[O-]. The highest BCUT2D eigenvalue weighted by Gasteiger charge is 2.21. The molecule has 0 aliphatic carbocycles. The average molecular weight is 396 g/mol. The summed E-state index contributed by atoms with van der Waals surface area (Å²) in [7, 11) is 1.17. The minimum absolute atomic E-state index is 0.00314. The number of nitrogens with zero attached hydrogens (tertiary/aromatic N) is 1. The van der Waals surface area contributed by atoms with Crippen LogP contribution in [0, 0.1) is 5.82 Å².